The molecule has 0 saturated carbocycles. The summed E-state index contributed by atoms with van der Waals surface area (Å²) in [4.78, 5) is 29.0. The van der Waals surface area contributed by atoms with Gasteiger partial charge in [0.25, 0.3) is 5.56 Å². The first-order chi connectivity index (χ1) is 11.9. The molecule has 0 fully saturated rings. The first-order valence-electron chi connectivity index (χ1n) is 7.21. The fraction of sp³-hybridized carbons (Fsp3) is 0.118. The summed E-state index contributed by atoms with van der Waals surface area (Å²) >= 11 is 0. The first kappa shape index (κ1) is 16.0. The van der Waals surface area contributed by atoms with Crippen molar-refractivity contribution < 1.29 is 0 Å². The maximum Gasteiger partial charge on any atom is 0.332 e. The maximum atomic E-state index is 12.8. The zero-order valence-corrected chi connectivity index (χ0v) is 13.4. The standard InChI is InChI=1S/C17H12N6O2/c1-22-15-13(16(24)23(2)17(22)25)12(11(8-19)14(20)21-15)10-6-4-3-5-9(10)7-18/h3-6H,1-2H3,(H2,20,21). The monoisotopic (exact) mass is 332 g/mol. The van der Waals surface area contributed by atoms with Crippen LogP contribution in [0.25, 0.3) is 22.2 Å². The molecular weight excluding hydrogens is 320 g/mol. The van der Waals surface area contributed by atoms with Gasteiger partial charge < -0.3 is 5.73 Å². The van der Waals surface area contributed by atoms with E-state index < -0.39 is 11.2 Å². The van der Waals surface area contributed by atoms with E-state index in [4.69, 9.17) is 5.73 Å². The van der Waals surface area contributed by atoms with Crippen LogP contribution in [0.4, 0.5) is 5.82 Å². The molecular formula is C17H12N6O2. The summed E-state index contributed by atoms with van der Waals surface area (Å²) in [5.74, 6) is -0.110. The van der Waals surface area contributed by atoms with Crippen LogP contribution in [0.3, 0.4) is 0 Å². The van der Waals surface area contributed by atoms with Crippen LogP contribution in [-0.2, 0) is 14.1 Å². The lowest BCUT2D eigenvalue weighted by Gasteiger charge is -2.14. The summed E-state index contributed by atoms with van der Waals surface area (Å²) in [6, 6.07) is 10.6. The second-order valence-electron chi connectivity index (χ2n) is 5.42. The number of rotatable bonds is 1. The van der Waals surface area contributed by atoms with Crippen molar-refractivity contribution >= 4 is 16.9 Å². The van der Waals surface area contributed by atoms with Crippen LogP contribution in [0.5, 0.6) is 0 Å². The Morgan fingerprint density at radius 3 is 2.40 bits per heavy atom. The van der Waals surface area contributed by atoms with E-state index >= 15 is 0 Å². The van der Waals surface area contributed by atoms with E-state index in [9.17, 15) is 20.1 Å². The van der Waals surface area contributed by atoms with Crippen LogP contribution >= 0.6 is 0 Å². The number of nitrogens with zero attached hydrogens (tertiary/aromatic N) is 5. The molecule has 2 aromatic heterocycles. The Morgan fingerprint density at radius 2 is 1.76 bits per heavy atom. The molecule has 0 unspecified atom stereocenters. The van der Waals surface area contributed by atoms with Crippen molar-refractivity contribution in [3.63, 3.8) is 0 Å². The van der Waals surface area contributed by atoms with Gasteiger partial charge in [0.05, 0.1) is 17.0 Å². The molecule has 0 amide bonds. The third-order valence-corrected chi connectivity index (χ3v) is 4.04. The molecule has 25 heavy (non-hydrogen) atoms. The summed E-state index contributed by atoms with van der Waals surface area (Å²) in [5, 5.41) is 19.0. The molecule has 0 radical (unpaired) electrons. The molecule has 0 aliphatic rings. The maximum absolute atomic E-state index is 12.8. The van der Waals surface area contributed by atoms with Gasteiger partial charge in [-0.1, -0.05) is 18.2 Å². The summed E-state index contributed by atoms with van der Waals surface area (Å²) in [6.07, 6.45) is 0. The van der Waals surface area contributed by atoms with Crippen molar-refractivity contribution in [2.45, 2.75) is 0 Å². The summed E-state index contributed by atoms with van der Waals surface area (Å²) < 4.78 is 2.12. The Hall–Kier alpha value is -3.91. The van der Waals surface area contributed by atoms with Crippen molar-refractivity contribution in [2.75, 3.05) is 5.73 Å². The van der Waals surface area contributed by atoms with Gasteiger partial charge in [-0.3, -0.25) is 13.9 Å². The average Bonchev–Trinajstić information content (AvgIpc) is 2.63. The zero-order valence-electron chi connectivity index (χ0n) is 13.4. The van der Waals surface area contributed by atoms with Crippen LogP contribution in [0.2, 0.25) is 0 Å². The van der Waals surface area contributed by atoms with E-state index in [1.54, 1.807) is 24.3 Å². The summed E-state index contributed by atoms with van der Waals surface area (Å²) in [5.41, 5.74) is 5.65. The molecule has 0 aliphatic carbocycles. The second-order valence-corrected chi connectivity index (χ2v) is 5.42. The molecule has 2 heterocycles. The SMILES string of the molecule is Cn1c(=O)c2c(-c3ccccc3C#N)c(C#N)c(N)nc2n(C)c1=O. The van der Waals surface area contributed by atoms with Gasteiger partial charge in [-0.15, -0.1) is 0 Å². The first-order valence-corrected chi connectivity index (χ1v) is 7.21. The number of nitrogen functional groups attached to an aromatic ring is 1. The molecule has 0 aliphatic heterocycles. The number of nitrogens with two attached hydrogens (primary N) is 1. The van der Waals surface area contributed by atoms with E-state index in [0.717, 1.165) is 4.57 Å². The minimum Gasteiger partial charge on any atom is -0.383 e. The van der Waals surface area contributed by atoms with Gasteiger partial charge in [-0.05, 0) is 6.07 Å². The van der Waals surface area contributed by atoms with Gasteiger partial charge in [0, 0.05) is 25.2 Å². The van der Waals surface area contributed by atoms with Crippen molar-refractivity contribution in [1.29, 1.82) is 10.5 Å². The van der Waals surface area contributed by atoms with Gasteiger partial charge in [-0.25, -0.2) is 9.78 Å². The number of aromatic nitrogens is 3. The fourth-order valence-corrected chi connectivity index (χ4v) is 2.79. The largest absolute Gasteiger partial charge is 0.383 e. The Morgan fingerprint density at radius 1 is 1.08 bits per heavy atom. The van der Waals surface area contributed by atoms with Crippen LogP contribution in [0, 0.1) is 22.7 Å². The molecule has 3 rings (SSSR count). The number of pyridine rings is 1. The molecule has 0 saturated heterocycles. The predicted octanol–water partition coefficient (Wildman–Crippen LogP) is 0.625. The third kappa shape index (κ3) is 2.17. The third-order valence-electron chi connectivity index (χ3n) is 4.04. The molecule has 0 bridgehead atoms. The minimum atomic E-state index is -0.607. The molecule has 3 aromatic rings. The quantitative estimate of drug-likeness (QED) is 0.695. The van der Waals surface area contributed by atoms with Crippen molar-refractivity contribution in [2.24, 2.45) is 14.1 Å². The lowest BCUT2D eigenvalue weighted by atomic mass is 9.94. The van der Waals surface area contributed by atoms with Crippen molar-refractivity contribution in [3.05, 3.63) is 56.2 Å². The highest BCUT2D eigenvalue weighted by Crippen LogP contribution is 2.33. The number of nitriles is 2. The fourth-order valence-electron chi connectivity index (χ4n) is 2.79. The van der Waals surface area contributed by atoms with Crippen LogP contribution < -0.4 is 17.0 Å². The number of hydrogen-bond donors (Lipinski definition) is 1. The number of anilines is 1. The van der Waals surface area contributed by atoms with Crippen LogP contribution in [0.15, 0.2) is 33.9 Å². The Labute approximate surface area is 141 Å². The highest BCUT2D eigenvalue weighted by atomic mass is 16.2. The number of benzene rings is 1. The van der Waals surface area contributed by atoms with Gasteiger partial charge in [0.15, 0.2) is 5.65 Å². The van der Waals surface area contributed by atoms with Gasteiger partial charge in [0.1, 0.15) is 17.5 Å². The predicted molar refractivity (Wildman–Crippen MR) is 91.5 cm³/mol. The smallest absolute Gasteiger partial charge is 0.332 e. The summed E-state index contributed by atoms with van der Waals surface area (Å²) in [7, 11) is 2.80. The highest BCUT2D eigenvalue weighted by molar-refractivity contribution is 5.99. The van der Waals surface area contributed by atoms with Gasteiger partial charge in [-0.2, -0.15) is 10.5 Å². The van der Waals surface area contributed by atoms with Crippen molar-refractivity contribution in [1.82, 2.24) is 14.1 Å². The average molecular weight is 332 g/mol. The van der Waals surface area contributed by atoms with E-state index in [2.05, 4.69) is 4.98 Å². The molecule has 0 spiro atoms. The zero-order chi connectivity index (χ0) is 18.3. The molecule has 1 aromatic carbocycles. The number of fused-ring (bicyclic) bond motifs is 1. The van der Waals surface area contributed by atoms with E-state index in [0.29, 0.717) is 5.56 Å². The Bertz CT molecular complexity index is 1240. The Balaban J connectivity index is 2.72. The van der Waals surface area contributed by atoms with Gasteiger partial charge in [0.2, 0.25) is 0 Å². The topological polar surface area (TPSA) is 130 Å². The van der Waals surface area contributed by atoms with Crippen molar-refractivity contribution in [3.8, 4) is 23.3 Å². The number of hydrogen-bond acceptors (Lipinski definition) is 6. The van der Waals surface area contributed by atoms with E-state index in [1.807, 2.05) is 12.1 Å². The van der Waals surface area contributed by atoms with Gasteiger partial charge >= 0.3 is 5.69 Å². The highest BCUT2D eigenvalue weighted by Gasteiger charge is 2.22. The Kier molecular flexibility index (Phi) is 3.59. The van der Waals surface area contributed by atoms with Crippen LogP contribution in [0.1, 0.15) is 11.1 Å². The molecule has 8 nitrogen and oxygen atoms in total. The van der Waals surface area contributed by atoms with E-state index in [1.165, 1.54) is 18.7 Å². The summed E-state index contributed by atoms with van der Waals surface area (Å²) in [6.45, 7) is 0. The number of aryl methyl sites for hydroxylation is 1. The molecule has 122 valence electrons. The van der Waals surface area contributed by atoms with E-state index in [-0.39, 0.29) is 33.5 Å². The molecule has 2 N–H and O–H groups in total. The normalized spacial score (nSPS) is 10.4. The lowest BCUT2D eigenvalue weighted by molar-refractivity contribution is 0.708. The second kappa shape index (κ2) is 5.62. The lowest BCUT2D eigenvalue weighted by Crippen LogP contribution is -2.37. The molecule has 0 atom stereocenters. The molecule has 8 heteroatoms. The van der Waals surface area contributed by atoms with Crippen LogP contribution in [-0.4, -0.2) is 14.1 Å². The minimum absolute atomic E-state index is 0.00838.